The standard InChI is InChI=1S/C17H32N2O/c1-12-15(18)10-9-14(17(12,2)3)16(20)19(4)11-13-7-5-6-8-13/h12-15H,5-11,18H2,1-4H3. The third kappa shape index (κ3) is 3.03. The number of hydrogen-bond acceptors (Lipinski definition) is 2. The van der Waals surface area contributed by atoms with E-state index in [4.69, 9.17) is 5.73 Å². The van der Waals surface area contributed by atoms with Crippen molar-refractivity contribution in [3.63, 3.8) is 0 Å². The molecule has 2 aliphatic rings. The van der Waals surface area contributed by atoms with E-state index in [0.29, 0.717) is 11.8 Å². The van der Waals surface area contributed by atoms with Gasteiger partial charge in [0, 0.05) is 25.6 Å². The lowest BCUT2D eigenvalue weighted by atomic mass is 9.60. The molecule has 3 unspecified atom stereocenters. The lowest BCUT2D eigenvalue weighted by Gasteiger charge is -2.47. The first-order chi connectivity index (χ1) is 9.34. The number of nitrogens with two attached hydrogens (primary N) is 1. The van der Waals surface area contributed by atoms with E-state index >= 15 is 0 Å². The van der Waals surface area contributed by atoms with E-state index in [9.17, 15) is 4.79 Å². The average molecular weight is 280 g/mol. The molecule has 0 heterocycles. The molecule has 2 aliphatic carbocycles. The molecule has 3 nitrogen and oxygen atoms in total. The molecule has 0 saturated heterocycles. The van der Waals surface area contributed by atoms with Crippen molar-refractivity contribution in [3.8, 4) is 0 Å². The maximum atomic E-state index is 12.8. The van der Waals surface area contributed by atoms with Gasteiger partial charge in [0.05, 0.1) is 0 Å². The van der Waals surface area contributed by atoms with Crippen LogP contribution in [0.5, 0.6) is 0 Å². The number of hydrogen-bond donors (Lipinski definition) is 1. The second-order valence-electron chi connectivity index (χ2n) is 7.77. The SMILES string of the molecule is CC1C(N)CCC(C(=O)N(C)CC2CCCC2)C1(C)C. The summed E-state index contributed by atoms with van der Waals surface area (Å²) in [5.41, 5.74) is 6.21. The van der Waals surface area contributed by atoms with Crippen LogP contribution in [0, 0.1) is 23.2 Å². The predicted octanol–water partition coefficient (Wildman–Crippen LogP) is 3.03. The van der Waals surface area contributed by atoms with E-state index in [1.54, 1.807) is 0 Å². The van der Waals surface area contributed by atoms with Gasteiger partial charge in [0.2, 0.25) is 5.91 Å². The third-order valence-electron chi connectivity index (χ3n) is 6.18. The molecule has 0 radical (unpaired) electrons. The maximum Gasteiger partial charge on any atom is 0.225 e. The Hall–Kier alpha value is -0.570. The summed E-state index contributed by atoms with van der Waals surface area (Å²) in [5, 5.41) is 0. The molecule has 0 aromatic carbocycles. The first kappa shape index (κ1) is 15.8. The molecule has 2 fully saturated rings. The van der Waals surface area contributed by atoms with E-state index in [1.807, 2.05) is 11.9 Å². The number of amides is 1. The summed E-state index contributed by atoms with van der Waals surface area (Å²) in [6, 6.07) is 0.245. The molecule has 0 aromatic heterocycles. The van der Waals surface area contributed by atoms with Crippen molar-refractivity contribution >= 4 is 5.91 Å². The number of nitrogens with zero attached hydrogens (tertiary/aromatic N) is 1. The Morgan fingerprint density at radius 1 is 1.20 bits per heavy atom. The largest absolute Gasteiger partial charge is 0.345 e. The molecule has 3 heteroatoms. The maximum absolute atomic E-state index is 12.8. The normalized spacial score (nSPS) is 34.1. The molecule has 0 aromatic rings. The summed E-state index contributed by atoms with van der Waals surface area (Å²) in [7, 11) is 2.00. The van der Waals surface area contributed by atoms with E-state index in [2.05, 4.69) is 20.8 Å². The Morgan fingerprint density at radius 3 is 2.40 bits per heavy atom. The van der Waals surface area contributed by atoms with E-state index in [1.165, 1.54) is 25.7 Å². The van der Waals surface area contributed by atoms with Crippen LogP contribution in [0.3, 0.4) is 0 Å². The zero-order valence-electron chi connectivity index (χ0n) is 13.7. The highest BCUT2D eigenvalue weighted by Crippen LogP contribution is 2.45. The van der Waals surface area contributed by atoms with Crippen molar-refractivity contribution in [1.82, 2.24) is 4.90 Å². The van der Waals surface area contributed by atoms with Gasteiger partial charge >= 0.3 is 0 Å². The van der Waals surface area contributed by atoms with Gasteiger partial charge in [-0.1, -0.05) is 33.6 Å². The van der Waals surface area contributed by atoms with Crippen LogP contribution < -0.4 is 5.73 Å². The topological polar surface area (TPSA) is 46.3 Å². The van der Waals surface area contributed by atoms with Gasteiger partial charge in [-0.25, -0.2) is 0 Å². The van der Waals surface area contributed by atoms with Gasteiger partial charge in [0.25, 0.3) is 0 Å². The van der Waals surface area contributed by atoms with Gasteiger partial charge in [-0.3, -0.25) is 4.79 Å². The highest BCUT2D eigenvalue weighted by atomic mass is 16.2. The molecule has 2 rings (SSSR count). The fourth-order valence-electron chi connectivity index (χ4n) is 4.23. The Balaban J connectivity index is 2.00. The lowest BCUT2D eigenvalue weighted by molar-refractivity contribution is -0.142. The van der Waals surface area contributed by atoms with Crippen LogP contribution in [0.2, 0.25) is 0 Å². The van der Waals surface area contributed by atoms with Gasteiger partial charge in [0.15, 0.2) is 0 Å². The van der Waals surface area contributed by atoms with Gasteiger partial charge in [0.1, 0.15) is 0 Å². The Labute approximate surface area is 124 Å². The second kappa shape index (κ2) is 6.05. The summed E-state index contributed by atoms with van der Waals surface area (Å²) in [6.07, 6.45) is 7.21. The van der Waals surface area contributed by atoms with Crippen molar-refractivity contribution < 1.29 is 4.79 Å². The molecule has 2 saturated carbocycles. The first-order valence-corrected chi connectivity index (χ1v) is 8.34. The van der Waals surface area contributed by atoms with Crippen molar-refractivity contribution in [2.45, 2.75) is 65.3 Å². The molecular weight excluding hydrogens is 248 g/mol. The van der Waals surface area contributed by atoms with Crippen LogP contribution in [0.4, 0.5) is 0 Å². The highest BCUT2D eigenvalue weighted by Gasteiger charge is 2.45. The quantitative estimate of drug-likeness (QED) is 0.863. The Bertz CT molecular complexity index is 347. The van der Waals surface area contributed by atoms with E-state index < -0.39 is 0 Å². The molecular formula is C17H32N2O. The van der Waals surface area contributed by atoms with Gasteiger partial charge in [-0.05, 0) is 42.9 Å². The smallest absolute Gasteiger partial charge is 0.225 e. The molecule has 1 amide bonds. The zero-order valence-corrected chi connectivity index (χ0v) is 13.7. The predicted molar refractivity (Wildman–Crippen MR) is 83.2 cm³/mol. The zero-order chi connectivity index (χ0) is 14.9. The number of rotatable bonds is 3. The van der Waals surface area contributed by atoms with Crippen LogP contribution in [-0.2, 0) is 4.79 Å². The summed E-state index contributed by atoms with van der Waals surface area (Å²) in [4.78, 5) is 14.8. The molecule has 20 heavy (non-hydrogen) atoms. The molecule has 3 atom stereocenters. The van der Waals surface area contributed by atoms with Crippen molar-refractivity contribution in [2.75, 3.05) is 13.6 Å². The number of carbonyl (C=O) groups excluding carboxylic acids is 1. The summed E-state index contributed by atoms with van der Waals surface area (Å²) in [5.74, 6) is 1.63. The Morgan fingerprint density at radius 2 is 1.80 bits per heavy atom. The van der Waals surface area contributed by atoms with Gasteiger partial charge < -0.3 is 10.6 Å². The molecule has 0 spiro atoms. The highest BCUT2D eigenvalue weighted by molar-refractivity contribution is 5.79. The monoisotopic (exact) mass is 280 g/mol. The summed E-state index contributed by atoms with van der Waals surface area (Å²) < 4.78 is 0. The van der Waals surface area contributed by atoms with Gasteiger partial charge in [-0.15, -0.1) is 0 Å². The van der Waals surface area contributed by atoms with E-state index in [-0.39, 0.29) is 17.4 Å². The van der Waals surface area contributed by atoms with Gasteiger partial charge in [-0.2, -0.15) is 0 Å². The van der Waals surface area contributed by atoms with Crippen LogP contribution in [0.1, 0.15) is 59.3 Å². The molecule has 0 aliphatic heterocycles. The Kier molecular flexibility index (Phi) is 4.78. The van der Waals surface area contributed by atoms with Crippen LogP contribution >= 0.6 is 0 Å². The number of carbonyl (C=O) groups is 1. The third-order valence-corrected chi connectivity index (χ3v) is 6.18. The van der Waals surface area contributed by atoms with Crippen molar-refractivity contribution in [3.05, 3.63) is 0 Å². The second-order valence-corrected chi connectivity index (χ2v) is 7.77. The minimum Gasteiger partial charge on any atom is -0.345 e. The molecule has 116 valence electrons. The van der Waals surface area contributed by atoms with Crippen molar-refractivity contribution in [1.29, 1.82) is 0 Å². The first-order valence-electron chi connectivity index (χ1n) is 8.34. The van der Waals surface area contributed by atoms with Crippen LogP contribution in [0.25, 0.3) is 0 Å². The minimum absolute atomic E-state index is 0.0126. The lowest BCUT2D eigenvalue weighted by Crippen LogP contribution is -2.52. The molecule has 0 bridgehead atoms. The van der Waals surface area contributed by atoms with Crippen LogP contribution in [-0.4, -0.2) is 30.4 Å². The minimum atomic E-state index is 0.0126. The van der Waals surface area contributed by atoms with Crippen LogP contribution in [0.15, 0.2) is 0 Å². The van der Waals surface area contributed by atoms with Crippen molar-refractivity contribution in [2.24, 2.45) is 28.9 Å². The molecule has 2 N–H and O–H groups in total. The average Bonchev–Trinajstić information content (AvgIpc) is 2.88. The fourth-order valence-corrected chi connectivity index (χ4v) is 4.23. The summed E-state index contributed by atoms with van der Waals surface area (Å²) >= 11 is 0. The summed E-state index contributed by atoms with van der Waals surface area (Å²) in [6.45, 7) is 7.61. The fraction of sp³-hybridized carbons (Fsp3) is 0.941. The van der Waals surface area contributed by atoms with E-state index in [0.717, 1.165) is 25.3 Å².